The first-order valence-electron chi connectivity index (χ1n) is 8.18. The largest absolute Gasteiger partial charge is 0.496 e. The van der Waals surface area contributed by atoms with E-state index in [0.29, 0.717) is 27.0 Å². The monoisotopic (exact) mass is 417 g/mol. The van der Waals surface area contributed by atoms with Gasteiger partial charge in [0.15, 0.2) is 0 Å². The summed E-state index contributed by atoms with van der Waals surface area (Å²) >= 11 is 13.7. The van der Waals surface area contributed by atoms with Crippen LogP contribution in [-0.4, -0.2) is 13.0 Å². The number of hydrogen-bond acceptors (Lipinski definition) is 3. The van der Waals surface area contributed by atoms with Gasteiger partial charge in [0.1, 0.15) is 5.75 Å². The Kier molecular flexibility index (Phi) is 6.67. The second-order valence-electron chi connectivity index (χ2n) is 5.71. The molecule has 27 heavy (non-hydrogen) atoms. The van der Waals surface area contributed by atoms with Crippen molar-refractivity contribution < 1.29 is 9.53 Å². The van der Waals surface area contributed by atoms with Crippen molar-refractivity contribution in [2.45, 2.75) is 10.6 Å². The summed E-state index contributed by atoms with van der Waals surface area (Å²) in [6.45, 7) is 0. The van der Waals surface area contributed by atoms with Crippen molar-refractivity contribution in [3.8, 4) is 5.75 Å². The second-order valence-corrected chi connectivity index (χ2v) is 7.60. The third-order valence-corrected chi connectivity index (χ3v) is 5.47. The molecule has 0 bridgehead atoms. The lowest BCUT2D eigenvalue weighted by molar-refractivity contribution is 0.102. The zero-order valence-electron chi connectivity index (χ0n) is 14.5. The summed E-state index contributed by atoms with van der Waals surface area (Å²) in [4.78, 5) is 13.8. The van der Waals surface area contributed by atoms with Crippen molar-refractivity contribution in [2.24, 2.45) is 0 Å². The molecule has 3 nitrogen and oxygen atoms in total. The molecule has 0 unspecified atom stereocenters. The number of hydrogen-bond donors (Lipinski definition) is 1. The summed E-state index contributed by atoms with van der Waals surface area (Å²) in [7, 11) is 1.62. The van der Waals surface area contributed by atoms with Gasteiger partial charge in [0, 0.05) is 26.8 Å². The lowest BCUT2D eigenvalue weighted by Gasteiger charge is -2.12. The molecule has 0 spiro atoms. The minimum absolute atomic E-state index is 0.243. The fraction of sp³-hybridized carbons (Fsp3) is 0.0952. The Balaban J connectivity index is 1.78. The number of anilines is 1. The number of carbonyl (C=O) groups excluding carboxylic acids is 1. The first-order valence-corrected chi connectivity index (χ1v) is 9.92. The van der Waals surface area contributed by atoms with E-state index in [4.69, 9.17) is 27.9 Å². The molecular formula is C21H17Cl2NO2S. The Morgan fingerprint density at radius 2 is 1.81 bits per heavy atom. The molecule has 1 N–H and O–H groups in total. The molecule has 0 atom stereocenters. The molecule has 0 aromatic heterocycles. The minimum Gasteiger partial charge on any atom is -0.496 e. The van der Waals surface area contributed by atoms with Gasteiger partial charge in [-0.1, -0.05) is 41.4 Å². The molecule has 1 amide bonds. The van der Waals surface area contributed by atoms with E-state index in [1.165, 1.54) is 0 Å². The molecule has 0 fully saturated rings. The van der Waals surface area contributed by atoms with E-state index in [1.807, 2.05) is 24.3 Å². The Hall–Kier alpha value is -2.14. The van der Waals surface area contributed by atoms with E-state index < -0.39 is 0 Å². The maximum atomic E-state index is 12.6. The number of halogens is 2. The molecule has 0 radical (unpaired) electrons. The molecule has 3 aromatic rings. The van der Waals surface area contributed by atoms with Gasteiger partial charge >= 0.3 is 0 Å². The average molecular weight is 418 g/mol. The van der Waals surface area contributed by atoms with Gasteiger partial charge in [0.2, 0.25) is 0 Å². The van der Waals surface area contributed by atoms with Gasteiger partial charge in [-0.25, -0.2) is 0 Å². The lowest BCUT2D eigenvalue weighted by Crippen LogP contribution is -2.12. The SMILES string of the molecule is COc1ccc(C(=O)Nc2ccc(Cl)cc2Cl)cc1CSc1ccccc1. The summed E-state index contributed by atoms with van der Waals surface area (Å²) in [5, 5.41) is 3.72. The van der Waals surface area contributed by atoms with Crippen LogP contribution in [-0.2, 0) is 5.75 Å². The van der Waals surface area contributed by atoms with Crippen LogP contribution < -0.4 is 10.1 Å². The van der Waals surface area contributed by atoms with Gasteiger partial charge in [0.25, 0.3) is 5.91 Å². The third kappa shape index (κ3) is 5.19. The molecule has 0 saturated carbocycles. The van der Waals surface area contributed by atoms with Gasteiger partial charge in [-0.15, -0.1) is 11.8 Å². The van der Waals surface area contributed by atoms with E-state index in [-0.39, 0.29) is 5.91 Å². The normalized spacial score (nSPS) is 10.5. The fourth-order valence-electron chi connectivity index (χ4n) is 2.50. The first-order chi connectivity index (χ1) is 13.1. The summed E-state index contributed by atoms with van der Waals surface area (Å²) in [6.07, 6.45) is 0. The maximum Gasteiger partial charge on any atom is 0.255 e. The van der Waals surface area contributed by atoms with E-state index in [0.717, 1.165) is 16.2 Å². The van der Waals surface area contributed by atoms with Gasteiger partial charge in [-0.2, -0.15) is 0 Å². The van der Waals surface area contributed by atoms with Crippen LogP contribution in [0.2, 0.25) is 10.0 Å². The molecule has 0 heterocycles. The number of benzene rings is 3. The molecule has 0 aliphatic carbocycles. The quantitative estimate of drug-likeness (QED) is 0.462. The van der Waals surface area contributed by atoms with E-state index >= 15 is 0 Å². The molecule has 0 aliphatic heterocycles. The van der Waals surface area contributed by atoms with Crippen molar-refractivity contribution in [3.05, 3.63) is 87.9 Å². The van der Waals surface area contributed by atoms with Crippen molar-refractivity contribution in [1.82, 2.24) is 0 Å². The van der Waals surface area contributed by atoms with Crippen LogP contribution in [0, 0.1) is 0 Å². The van der Waals surface area contributed by atoms with Crippen molar-refractivity contribution in [1.29, 1.82) is 0 Å². The molecule has 138 valence electrons. The van der Waals surface area contributed by atoms with E-state index in [1.54, 1.807) is 49.2 Å². The van der Waals surface area contributed by atoms with Crippen LogP contribution in [0.4, 0.5) is 5.69 Å². The number of nitrogens with one attached hydrogen (secondary N) is 1. The molecule has 3 aromatic carbocycles. The molecular weight excluding hydrogens is 401 g/mol. The number of thioether (sulfide) groups is 1. The van der Waals surface area contributed by atoms with Crippen LogP contribution in [0.3, 0.4) is 0 Å². The smallest absolute Gasteiger partial charge is 0.255 e. The number of carbonyl (C=O) groups is 1. The van der Waals surface area contributed by atoms with Crippen molar-refractivity contribution in [2.75, 3.05) is 12.4 Å². The van der Waals surface area contributed by atoms with Gasteiger partial charge in [0.05, 0.1) is 17.8 Å². The molecule has 0 saturated heterocycles. The van der Waals surface area contributed by atoms with Crippen molar-refractivity contribution >= 4 is 46.6 Å². The van der Waals surface area contributed by atoms with Gasteiger partial charge in [-0.05, 0) is 48.5 Å². The van der Waals surface area contributed by atoms with Crippen LogP contribution in [0.15, 0.2) is 71.6 Å². The minimum atomic E-state index is -0.243. The second kappa shape index (κ2) is 9.18. The molecule has 3 rings (SSSR count). The number of ether oxygens (including phenoxy) is 1. The van der Waals surface area contributed by atoms with Crippen LogP contribution in [0.25, 0.3) is 0 Å². The standard InChI is InChI=1S/C21H17Cl2NO2S/c1-26-20-10-7-14(11-15(20)13-27-17-5-3-2-4-6-17)21(25)24-19-9-8-16(22)12-18(19)23/h2-12H,13H2,1H3,(H,24,25). The lowest BCUT2D eigenvalue weighted by atomic mass is 10.1. The van der Waals surface area contributed by atoms with Crippen molar-refractivity contribution in [3.63, 3.8) is 0 Å². The number of amides is 1. The van der Waals surface area contributed by atoms with Crippen LogP contribution in [0.5, 0.6) is 5.75 Å². The summed E-state index contributed by atoms with van der Waals surface area (Å²) in [5.41, 5.74) is 1.99. The maximum absolute atomic E-state index is 12.6. The highest BCUT2D eigenvalue weighted by atomic mass is 35.5. The summed E-state index contributed by atoms with van der Waals surface area (Å²) < 4.78 is 5.44. The highest BCUT2D eigenvalue weighted by molar-refractivity contribution is 7.98. The predicted octanol–water partition coefficient (Wildman–Crippen LogP) is 6.55. The number of methoxy groups -OCH3 is 1. The Morgan fingerprint density at radius 1 is 1.04 bits per heavy atom. The zero-order chi connectivity index (χ0) is 19.2. The highest BCUT2D eigenvalue weighted by Gasteiger charge is 2.12. The van der Waals surface area contributed by atoms with E-state index in [2.05, 4.69) is 17.4 Å². The summed E-state index contributed by atoms with van der Waals surface area (Å²) in [6, 6.07) is 20.4. The van der Waals surface area contributed by atoms with Gasteiger partial charge < -0.3 is 10.1 Å². The Labute approximate surface area is 172 Å². The average Bonchev–Trinajstić information content (AvgIpc) is 2.69. The Morgan fingerprint density at radius 3 is 2.52 bits per heavy atom. The topological polar surface area (TPSA) is 38.3 Å². The molecule has 0 aliphatic rings. The van der Waals surface area contributed by atoms with Gasteiger partial charge in [-0.3, -0.25) is 4.79 Å². The van der Waals surface area contributed by atoms with Crippen LogP contribution in [0.1, 0.15) is 15.9 Å². The third-order valence-electron chi connectivity index (χ3n) is 3.86. The van der Waals surface area contributed by atoms with Crippen LogP contribution >= 0.6 is 35.0 Å². The summed E-state index contributed by atoms with van der Waals surface area (Å²) in [5.74, 6) is 1.20. The van der Waals surface area contributed by atoms with E-state index in [9.17, 15) is 4.79 Å². The first kappa shape index (κ1) is 19.6. The fourth-order valence-corrected chi connectivity index (χ4v) is 3.85. The molecule has 6 heteroatoms. The Bertz CT molecular complexity index is 948. The predicted molar refractivity (Wildman–Crippen MR) is 113 cm³/mol. The zero-order valence-corrected chi connectivity index (χ0v) is 16.9. The highest BCUT2D eigenvalue weighted by Crippen LogP contribution is 2.30. The number of rotatable bonds is 6.